The highest BCUT2D eigenvalue weighted by atomic mass is 32.5. The van der Waals surface area contributed by atoms with Crippen LogP contribution in [0.2, 0.25) is 5.04 Å². The number of anilines is 2. The van der Waals surface area contributed by atoms with E-state index in [0.717, 1.165) is 10.4 Å². The number of amides is 2. The summed E-state index contributed by atoms with van der Waals surface area (Å²) in [7, 11) is -3.29. The Morgan fingerprint density at radius 1 is 0.743 bits per heavy atom. The van der Waals surface area contributed by atoms with E-state index in [2.05, 4.69) is 70.5 Å². The van der Waals surface area contributed by atoms with E-state index < -0.39 is 86.7 Å². The highest BCUT2D eigenvalue weighted by molar-refractivity contribution is 8.07. The molecule has 74 heavy (non-hydrogen) atoms. The first kappa shape index (κ1) is 53.9. The zero-order valence-corrected chi connectivity index (χ0v) is 44.2. The van der Waals surface area contributed by atoms with Gasteiger partial charge >= 0.3 is 18.1 Å². The summed E-state index contributed by atoms with van der Waals surface area (Å²) in [4.78, 5) is 65.4. The van der Waals surface area contributed by atoms with E-state index in [-0.39, 0.29) is 44.2 Å². The molecule has 2 amide bonds. The lowest BCUT2D eigenvalue weighted by atomic mass is 10.2. The third-order valence-electron chi connectivity index (χ3n) is 12.8. The summed E-state index contributed by atoms with van der Waals surface area (Å²) < 4.78 is 42.5. The highest BCUT2D eigenvalue weighted by Crippen LogP contribution is 2.54. The lowest BCUT2D eigenvalue weighted by molar-refractivity contribution is -0.0535. The summed E-state index contributed by atoms with van der Waals surface area (Å²) in [5.74, 6) is -0.675. The Morgan fingerprint density at radius 3 is 1.64 bits per heavy atom. The van der Waals surface area contributed by atoms with Gasteiger partial charge in [0.05, 0.1) is 25.4 Å². The second kappa shape index (κ2) is 23.5. The number of aliphatic hydroxyl groups is 1. The summed E-state index contributed by atoms with van der Waals surface area (Å²) in [6.45, 7) is 12.4. The SMILES string of the molecule is [C-]#[N+]CCOP(=S)(OC[C@H]1O[C@@H](n2cc(C)c(NC(=O)c3ccccc3)nc2=O)C[C@H]1O[Si](c1ccccc1)(c1ccccc1)C(C)(C)C)O[C@@H]1C[C@H](n2cc(C)c(NC(=O)c3ccccc3)nc2=O)O[C@@H]1CO. The Hall–Kier alpha value is -6.34. The predicted octanol–water partition coefficient (Wildman–Crippen LogP) is 6.70. The number of aliphatic hydroxyl groups excluding tert-OH is 1. The van der Waals surface area contributed by atoms with E-state index in [0.29, 0.717) is 22.3 Å². The molecular formula is C53H58N7O11PSSi. The molecule has 6 aromatic rings. The van der Waals surface area contributed by atoms with Crippen molar-refractivity contribution in [3.63, 3.8) is 0 Å². The van der Waals surface area contributed by atoms with Crippen molar-refractivity contribution in [1.82, 2.24) is 19.1 Å². The number of hydrogen-bond donors (Lipinski definition) is 3. The molecule has 0 saturated carbocycles. The van der Waals surface area contributed by atoms with Crippen molar-refractivity contribution in [3.8, 4) is 0 Å². The van der Waals surface area contributed by atoms with Crippen LogP contribution in [0.3, 0.4) is 0 Å². The minimum Gasteiger partial charge on any atom is -0.402 e. The van der Waals surface area contributed by atoms with Crippen molar-refractivity contribution in [2.24, 2.45) is 0 Å². The van der Waals surface area contributed by atoms with Gasteiger partial charge in [0, 0.05) is 47.5 Å². The highest BCUT2D eigenvalue weighted by Gasteiger charge is 2.54. The van der Waals surface area contributed by atoms with E-state index >= 15 is 0 Å². The summed E-state index contributed by atoms with van der Waals surface area (Å²) >= 11 is 6.09. The van der Waals surface area contributed by atoms with Gasteiger partial charge < -0.3 is 48.1 Å². The molecular weight excluding hydrogens is 1000 g/mol. The van der Waals surface area contributed by atoms with E-state index in [1.54, 1.807) is 80.7 Å². The lowest BCUT2D eigenvalue weighted by Crippen LogP contribution is -2.68. The molecule has 0 bridgehead atoms. The van der Waals surface area contributed by atoms with Crippen LogP contribution < -0.4 is 32.4 Å². The second-order valence-corrected chi connectivity index (χ2v) is 26.1. The predicted molar refractivity (Wildman–Crippen MR) is 284 cm³/mol. The quantitative estimate of drug-likeness (QED) is 0.0334. The number of carbonyl (C=O) groups is 2. The molecule has 0 radical (unpaired) electrons. The smallest absolute Gasteiger partial charge is 0.351 e. The van der Waals surface area contributed by atoms with Crippen LogP contribution in [-0.4, -0.2) is 95.1 Å². The van der Waals surface area contributed by atoms with Crippen LogP contribution in [0.4, 0.5) is 11.6 Å². The number of benzene rings is 4. The van der Waals surface area contributed by atoms with Gasteiger partial charge in [-0.25, -0.2) is 16.2 Å². The number of carbonyl (C=O) groups excluding carboxylic acids is 2. The number of aryl methyl sites for hydroxylation is 2. The van der Waals surface area contributed by atoms with Crippen molar-refractivity contribution in [2.45, 2.75) is 89.4 Å². The van der Waals surface area contributed by atoms with Gasteiger partial charge in [-0.05, 0) is 65.3 Å². The summed E-state index contributed by atoms with van der Waals surface area (Å²) in [5, 5.41) is 17.6. The molecule has 4 aromatic carbocycles. The van der Waals surface area contributed by atoms with E-state index in [1.165, 1.54) is 15.3 Å². The molecule has 386 valence electrons. The largest absolute Gasteiger partial charge is 0.402 e. The first-order valence-electron chi connectivity index (χ1n) is 24.1. The van der Waals surface area contributed by atoms with Gasteiger partial charge in [0.2, 0.25) is 6.54 Å². The van der Waals surface area contributed by atoms with Gasteiger partial charge in [-0.3, -0.25) is 18.7 Å². The number of ether oxygens (including phenoxy) is 2. The molecule has 1 unspecified atom stereocenters. The molecule has 2 aromatic heterocycles. The van der Waals surface area contributed by atoms with E-state index in [4.69, 9.17) is 45.8 Å². The first-order valence-corrected chi connectivity index (χ1v) is 28.5. The third-order valence-corrected chi connectivity index (χ3v) is 20.3. The van der Waals surface area contributed by atoms with Crippen LogP contribution >= 0.6 is 6.72 Å². The maximum absolute atomic E-state index is 14.0. The monoisotopic (exact) mass is 1060 g/mol. The van der Waals surface area contributed by atoms with Crippen molar-refractivity contribution >= 4 is 60.7 Å². The lowest BCUT2D eigenvalue weighted by Gasteiger charge is -2.45. The maximum atomic E-state index is 14.0. The Balaban J connectivity index is 1.09. The Bertz CT molecular complexity index is 3100. The van der Waals surface area contributed by atoms with Gasteiger partial charge in [-0.2, -0.15) is 9.97 Å². The standard InChI is InChI=1S/C53H58N7O11PSSi/c1-35-31-59(51(64)57-47(35)55-49(62)37-19-11-7-12-20-37)45-29-41(43(33-61)68-45)70-72(73,66-28-27-54-6)67-34-44-42(71-74(53(3,4)5,39-23-15-9-16-24-39)40-25-17-10-18-26-40)30-46(69-44)60-32-36(2)48(58-52(60)65)56-50(63)38-21-13-8-14-22-38/h7-26,31-32,41-46,61H,27-30,33-34H2,1-5H3,(H,55,57,62,64)(H,56,58,63,65)/t41-,42-,43-,44-,45-,46-,72?/m1/s1. The van der Waals surface area contributed by atoms with Crippen LogP contribution in [0.15, 0.2) is 143 Å². The second-order valence-electron chi connectivity index (χ2n) is 18.9. The molecule has 3 N–H and O–H groups in total. The summed E-state index contributed by atoms with van der Waals surface area (Å²) in [6.07, 6.45) is -2.25. The number of hydrogen-bond acceptors (Lipinski definition) is 14. The van der Waals surface area contributed by atoms with Crippen molar-refractivity contribution in [2.75, 3.05) is 37.0 Å². The molecule has 0 aliphatic carbocycles. The average molecular weight is 1060 g/mol. The minimum atomic E-state index is -3.87. The van der Waals surface area contributed by atoms with Gasteiger partial charge in [-0.15, -0.1) is 0 Å². The average Bonchev–Trinajstić information content (AvgIpc) is 4.00. The zero-order valence-electron chi connectivity index (χ0n) is 41.5. The van der Waals surface area contributed by atoms with Gasteiger partial charge in [0.25, 0.3) is 20.1 Å². The molecule has 7 atom stereocenters. The third kappa shape index (κ3) is 12.1. The minimum absolute atomic E-state index is 0.00849. The van der Waals surface area contributed by atoms with Crippen LogP contribution in [0.25, 0.3) is 4.85 Å². The van der Waals surface area contributed by atoms with Crippen molar-refractivity contribution in [1.29, 1.82) is 0 Å². The topological polar surface area (TPSA) is 208 Å². The fourth-order valence-corrected chi connectivity index (χ4v) is 16.0. The molecule has 8 rings (SSSR count). The number of nitrogens with zero attached hydrogens (tertiary/aromatic N) is 5. The fraction of sp³-hybridized carbons (Fsp3) is 0.340. The van der Waals surface area contributed by atoms with E-state index in [1.807, 2.05) is 36.4 Å². The molecule has 2 saturated heterocycles. The van der Waals surface area contributed by atoms with Crippen molar-refractivity contribution in [3.05, 3.63) is 188 Å². The summed E-state index contributed by atoms with van der Waals surface area (Å²) in [5.41, 5.74) is 0.378. The summed E-state index contributed by atoms with van der Waals surface area (Å²) in [6, 6.07) is 37.2. The van der Waals surface area contributed by atoms with Crippen LogP contribution in [0, 0.1) is 20.4 Å². The van der Waals surface area contributed by atoms with Crippen LogP contribution in [0.1, 0.15) is 77.9 Å². The Labute approximate surface area is 434 Å². The Kier molecular flexibility index (Phi) is 17.1. The molecule has 0 spiro atoms. The normalized spacial score (nSPS) is 20.6. The van der Waals surface area contributed by atoms with Crippen LogP contribution in [0.5, 0.6) is 0 Å². The van der Waals surface area contributed by atoms with Gasteiger partial charge in [-0.1, -0.05) is 118 Å². The van der Waals surface area contributed by atoms with Gasteiger partial charge in [0.15, 0.2) is 0 Å². The van der Waals surface area contributed by atoms with Gasteiger partial charge in [0.1, 0.15) is 42.9 Å². The molecule has 2 aliphatic heterocycles. The van der Waals surface area contributed by atoms with E-state index in [9.17, 15) is 24.3 Å². The molecule has 4 heterocycles. The molecule has 21 heteroatoms. The van der Waals surface area contributed by atoms with Crippen molar-refractivity contribution < 1.29 is 42.2 Å². The number of aromatic nitrogens is 4. The first-order chi connectivity index (χ1) is 35.5. The molecule has 2 fully saturated rings. The number of nitrogens with one attached hydrogen (secondary N) is 2. The maximum Gasteiger partial charge on any atom is 0.351 e. The number of rotatable bonds is 19. The zero-order chi connectivity index (χ0) is 52.6. The Morgan fingerprint density at radius 2 is 1.19 bits per heavy atom. The fourth-order valence-electron chi connectivity index (χ4n) is 9.17. The molecule has 18 nitrogen and oxygen atoms in total. The van der Waals surface area contributed by atoms with Crippen LogP contribution in [-0.2, 0) is 39.3 Å². The molecule has 2 aliphatic rings.